The number of ether oxygens (including phenoxy) is 2. The van der Waals surface area contributed by atoms with Crippen LogP contribution in [0.5, 0.6) is 17.2 Å². The number of fused-ring (bicyclic) bond motifs is 3. The third-order valence-corrected chi connectivity index (χ3v) is 6.50. The van der Waals surface area contributed by atoms with Gasteiger partial charge in [0.1, 0.15) is 17.2 Å². The van der Waals surface area contributed by atoms with E-state index in [0.717, 1.165) is 32.8 Å². The van der Waals surface area contributed by atoms with E-state index in [1.54, 1.807) is 13.2 Å². The Bertz CT molecular complexity index is 1200. The fourth-order valence-electron chi connectivity index (χ4n) is 4.00. The average Bonchev–Trinajstić information content (AvgIpc) is 3.22. The van der Waals surface area contributed by atoms with Crippen LogP contribution in [0, 0.1) is 0 Å². The molecule has 158 valence electrons. The zero-order chi connectivity index (χ0) is 21.7. The summed E-state index contributed by atoms with van der Waals surface area (Å²) in [7, 11) is 1.64. The van der Waals surface area contributed by atoms with Gasteiger partial charge >= 0.3 is 0 Å². The lowest BCUT2D eigenvalue weighted by Crippen LogP contribution is -2.33. The van der Waals surface area contributed by atoms with Crippen LogP contribution in [-0.2, 0) is 0 Å². The van der Waals surface area contributed by atoms with Crippen LogP contribution in [0.15, 0.2) is 64.2 Å². The van der Waals surface area contributed by atoms with Gasteiger partial charge in [0.05, 0.1) is 29.4 Å². The van der Waals surface area contributed by atoms with E-state index in [0.29, 0.717) is 17.0 Å². The number of phenols is 1. The number of nitrogens with zero attached hydrogens (tertiary/aromatic N) is 2. The molecule has 0 aromatic heterocycles. The first kappa shape index (κ1) is 20.5. The molecule has 5 rings (SSSR count). The Labute approximate surface area is 197 Å². The van der Waals surface area contributed by atoms with Crippen molar-refractivity contribution in [3.05, 3.63) is 85.8 Å². The predicted molar refractivity (Wildman–Crippen MR) is 124 cm³/mol. The Kier molecular flexibility index (Phi) is 5.24. The summed E-state index contributed by atoms with van der Waals surface area (Å²) in [5.74, 6) is 1.45. The maximum absolute atomic E-state index is 10.7. The van der Waals surface area contributed by atoms with Crippen LogP contribution in [0.25, 0.3) is 0 Å². The minimum absolute atomic E-state index is 0.0662. The van der Waals surface area contributed by atoms with Gasteiger partial charge in [-0.15, -0.1) is 0 Å². The Morgan fingerprint density at radius 1 is 1.10 bits per heavy atom. The second-order valence-electron chi connectivity index (χ2n) is 7.35. The Morgan fingerprint density at radius 3 is 2.61 bits per heavy atom. The topological polar surface area (TPSA) is 54.3 Å². The fourth-order valence-corrected chi connectivity index (χ4v) is 4.88. The minimum Gasteiger partial charge on any atom is -0.506 e. The van der Waals surface area contributed by atoms with E-state index < -0.39 is 6.23 Å². The maximum atomic E-state index is 10.7. The molecule has 2 aliphatic rings. The molecule has 5 nitrogen and oxygen atoms in total. The first-order chi connectivity index (χ1) is 14.9. The molecule has 0 radical (unpaired) electrons. The van der Waals surface area contributed by atoms with Gasteiger partial charge in [-0.2, -0.15) is 5.10 Å². The molecule has 2 aliphatic heterocycles. The smallest absolute Gasteiger partial charge is 0.217 e. The number of phenolic OH excluding ortho intramolecular Hbond substituents is 1. The molecular weight excluding hydrogens is 503 g/mol. The fraction of sp³-hybridized carbons (Fsp3) is 0.174. The number of methoxy groups -OCH3 is 1. The normalized spacial score (nSPS) is 19.4. The molecule has 0 bridgehead atoms. The average molecular weight is 520 g/mol. The highest BCUT2D eigenvalue weighted by Crippen LogP contribution is 2.50. The second-order valence-corrected chi connectivity index (χ2v) is 9.11. The van der Waals surface area contributed by atoms with E-state index in [4.69, 9.17) is 37.8 Å². The number of benzene rings is 3. The van der Waals surface area contributed by atoms with Crippen molar-refractivity contribution in [2.24, 2.45) is 5.10 Å². The van der Waals surface area contributed by atoms with Gasteiger partial charge in [-0.05, 0) is 60.2 Å². The second kappa shape index (κ2) is 7.93. The SMILES string of the molecule is COc1ccc(C2=NN3C(C2)c2cc(Br)ccc2OC3c2cc(Cl)cc(Cl)c2O)cc1. The number of halogens is 3. The molecule has 2 heterocycles. The largest absolute Gasteiger partial charge is 0.506 e. The third kappa shape index (κ3) is 3.63. The summed E-state index contributed by atoms with van der Waals surface area (Å²) in [6, 6.07) is 16.8. The van der Waals surface area contributed by atoms with Gasteiger partial charge in [0.2, 0.25) is 6.23 Å². The van der Waals surface area contributed by atoms with Crippen molar-refractivity contribution in [3.63, 3.8) is 0 Å². The zero-order valence-corrected chi connectivity index (χ0v) is 19.4. The molecule has 0 amide bonds. The van der Waals surface area contributed by atoms with E-state index in [9.17, 15) is 5.11 Å². The van der Waals surface area contributed by atoms with E-state index in [2.05, 4.69) is 15.9 Å². The number of hydrogen-bond acceptors (Lipinski definition) is 5. The van der Waals surface area contributed by atoms with Crippen molar-refractivity contribution in [3.8, 4) is 17.2 Å². The van der Waals surface area contributed by atoms with E-state index >= 15 is 0 Å². The lowest BCUT2D eigenvalue weighted by Gasteiger charge is -2.38. The van der Waals surface area contributed by atoms with Gasteiger partial charge < -0.3 is 14.6 Å². The molecule has 8 heteroatoms. The van der Waals surface area contributed by atoms with Crippen molar-refractivity contribution in [1.82, 2.24) is 5.01 Å². The predicted octanol–water partition coefficient (Wildman–Crippen LogP) is 6.71. The van der Waals surface area contributed by atoms with Crippen LogP contribution in [0.3, 0.4) is 0 Å². The summed E-state index contributed by atoms with van der Waals surface area (Å²) in [4.78, 5) is 0. The summed E-state index contributed by atoms with van der Waals surface area (Å²) in [5.41, 5.74) is 3.40. The quantitative estimate of drug-likeness (QED) is 0.417. The minimum atomic E-state index is -0.675. The molecule has 1 N–H and O–H groups in total. The van der Waals surface area contributed by atoms with Crippen molar-refractivity contribution in [2.45, 2.75) is 18.7 Å². The molecule has 0 saturated heterocycles. The van der Waals surface area contributed by atoms with Gasteiger partial charge in [0, 0.05) is 21.5 Å². The van der Waals surface area contributed by atoms with Gasteiger partial charge in [-0.1, -0.05) is 39.1 Å². The van der Waals surface area contributed by atoms with Crippen LogP contribution in [0.4, 0.5) is 0 Å². The van der Waals surface area contributed by atoms with Crippen LogP contribution in [-0.4, -0.2) is 22.9 Å². The first-order valence-electron chi connectivity index (χ1n) is 9.59. The van der Waals surface area contributed by atoms with Crippen molar-refractivity contribution in [1.29, 1.82) is 0 Å². The highest BCUT2D eigenvalue weighted by atomic mass is 79.9. The van der Waals surface area contributed by atoms with E-state index in [-0.39, 0.29) is 16.8 Å². The molecule has 3 aromatic rings. The summed E-state index contributed by atoms with van der Waals surface area (Å²) >= 11 is 16.0. The summed E-state index contributed by atoms with van der Waals surface area (Å²) < 4.78 is 12.5. The standard InChI is InChI=1S/C23H17BrCl2N2O3/c1-30-15-5-2-12(3-6-15)19-11-20-16-8-13(24)4-7-21(16)31-23(28(20)27-19)17-9-14(25)10-18(26)22(17)29/h2-10,20,23,29H,11H2,1H3. The number of rotatable bonds is 3. The van der Waals surface area contributed by atoms with Gasteiger partial charge in [0.25, 0.3) is 0 Å². The maximum Gasteiger partial charge on any atom is 0.217 e. The Balaban J connectivity index is 1.62. The molecule has 31 heavy (non-hydrogen) atoms. The zero-order valence-electron chi connectivity index (χ0n) is 16.3. The number of hydrazone groups is 1. The molecular formula is C23H17BrCl2N2O3. The van der Waals surface area contributed by atoms with E-state index in [1.807, 2.05) is 47.5 Å². The van der Waals surface area contributed by atoms with Crippen molar-refractivity contribution < 1.29 is 14.6 Å². The summed E-state index contributed by atoms with van der Waals surface area (Å²) in [5, 5.41) is 18.0. The summed E-state index contributed by atoms with van der Waals surface area (Å²) in [6.45, 7) is 0. The monoisotopic (exact) mass is 518 g/mol. The molecule has 2 unspecified atom stereocenters. The third-order valence-electron chi connectivity index (χ3n) is 5.50. The highest BCUT2D eigenvalue weighted by molar-refractivity contribution is 9.10. The lowest BCUT2D eigenvalue weighted by molar-refractivity contribution is -0.0203. The molecule has 0 saturated carbocycles. The van der Waals surface area contributed by atoms with Crippen molar-refractivity contribution in [2.75, 3.05) is 7.11 Å². The molecule has 2 atom stereocenters. The highest BCUT2D eigenvalue weighted by Gasteiger charge is 2.42. The lowest BCUT2D eigenvalue weighted by atomic mass is 9.96. The first-order valence-corrected chi connectivity index (χ1v) is 11.1. The van der Waals surface area contributed by atoms with Crippen LogP contribution >= 0.6 is 39.1 Å². The number of aromatic hydroxyl groups is 1. The molecule has 0 spiro atoms. The van der Waals surface area contributed by atoms with Gasteiger partial charge in [-0.25, -0.2) is 5.01 Å². The van der Waals surface area contributed by atoms with Gasteiger partial charge in [-0.3, -0.25) is 0 Å². The van der Waals surface area contributed by atoms with Crippen molar-refractivity contribution >= 4 is 44.8 Å². The molecule has 0 aliphatic carbocycles. The van der Waals surface area contributed by atoms with Crippen LogP contribution in [0.2, 0.25) is 10.0 Å². The number of hydrogen-bond donors (Lipinski definition) is 1. The Morgan fingerprint density at radius 2 is 1.87 bits per heavy atom. The van der Waals surface area contributed by atoms with Gasteiger partial charge in [0.15, 0.2) is 0 Å². The van der Waals surface area contributed by atoms with E-state index in [1.165, 1.54) is 6.07 Å². The molecule has 3 aromatic carbocycles. The van der Waals surface area contributed by atoms with Crippen LogP contribution < -0.4 is 9.47 Å². The molecule has 0 fully saturated rings. The summed E-state index contributed by atoms with van der Waals surface area (Å²) in [6.07, 6.45) is 0.00987. The Hall–Kier alpha value is -2.41. The van der Waals surface area contributed by atoms with Crippen LogP contribution in [0.1, 0.15) is 35.4 Å².